The summed E-state index contributed by atoms with van der Waals surface area (Å²) >= 11 is 0. The molecule has 1 aromatic rings. The average Bonchev–Trinajstić information content (AvgIpc) is 3.24. The van der Waals surface area contributed by atoms with E-state index in [-0.39, 0.29) is 11.8 Å². The summed E-state index contributed by atoms with van der Waals surface area (Å²) in [6.07, 6.45) is 2.65. The summed E-state index contributed by atoms with van der Waals surface area (Å²) < 4.78 is 5.50. The molecule has 2 amide bonds. The van der Waals surface area contributed by atoms with Crippen molar-refractivity contribution in [3.63, 3.8) is 0 Å². The maximum Gasteiger partial charge on any atom is 0.253 e. The van der Waals surface area contributed by atoms with Gasteiger partial charge in [0.05, 0.1) is 6.61 Å². The fraction of sp³-hybridized carbons (Fsp3) is 0.652. The first-order valence-corrected chi connectivity index (χ1v) is 11.4. The van der Waals surface area contributed by atoms with Crippen LogP contribution in [0.4, 0.5) is 0 Å². The highest BCUT2D eigenvalue weighted by Gasteiger charge is 2.28. The van der Waals surface area contributed by atoms with Crippen LogP contribution < -0.4 is 10.1 Å². The van der Waals surface area contributed by atoms with E-state index in [1.165, 1.54) is 6.42 Å². The second-order valence-corrected chi connectivity index (χ2v) is 8.01. The number of rotatable bonds is 9. The second-order valence-electron chi connectivity index (χ2n) is 8.01. The van der Waals surface area contributed by atoms with Crippen LogP contribution in [0.15, 0.2) is 24.3 Å². The summed E-state index contributed by atoms with van der Waals surface area (Å²) in [6.45, 7) is 11.1. The fourth-order valence-corrected chi connectivity index (χ4v) is 4.39. The number of ether oxygens (including phenoxy) is 1. The third-order valence-electron chi connectivity index (χ3n) is 6.10. The molecule has 2 heterocycles. The Labute approximate surface area is 180 Å². The lowest BCUT2D eigenvalue weighted by atomic mass is 10.1. The maximum atomic E-state index is 13.3. The Morgan fingerprint density at radius 1 is 1.13 bits per heavy atom. The molecule has 0 unspecified atom stereocenters. The summed E-state index contributed by atoms with van der Waals surface area (Å²) in [5, 5.41) is 3.27. The van der Waals surface area contributed by atoms with Gasteiger partial charge in [-0.25, -0.2) is 0 Å². The molecule has 166 valence electrons. The number of nitrogens with one attached hydrogen (secondary N) is 1. The van der Waals surface area contributed by atoms with E-state index in [0.717, 1.165) is 51.4 Å². The van der Waals surface area contributed by atoms with Crippen LogP contribution in [0, 0.1) is 0 Å². The smallest absolute Gasteiger partial charge is 0.253 e. The molecule has 0 aliphatic carbocycles. The van der Waals surface area contributed by atoms with Crippen molar-refractivity contribution in [3.8, 4) is 5.75 Å². The molecule has 30 heavy (non-hydrogen) atoms. The zero-order chi connectivity index (χ0) is 21.3. The number of likely N-dealkylation sites (N-methyl/N-ethyl adjacent to an activating group) is 1. The van der Waals surface area contributed by atoms with Gasteiger partial charge < -0.3 is 19.9 Å². The lowest BCUT2D eigenvalue weighted by molar-refractivity contribution is -0.132. The minimum atomic E-state index is -0.00545. The Bertz CT molecular complexity index is 688. The van der Waals surface area contributed by atoms with Crippen molar-refractivity contribution in [2.75, 3.05) is 59.0 Å². The van der Waals surface area contributed by atoms with Crippen LogP contribution in [-0.4, -0.2) is 91.5 Å². The van der Waals surface area contributed by atoms with E-state index < -0.39 is 0 Å². The number of hydrogen-bond acceptors (Lipinski definition) is 5. The predicted octanol–water partition coefficient (Wildman–Crippen LogP) is 1.83. The molecule has 2 aliphatic rings. The molecule has 0 bridgehead atoms. The summed E-state index contributed by atoms with van der Waals surface area (Å²) in [5.41, 5.74) is 0.647. The first-order chi connectivity index (χ1) is 14.6. The largest absolute Gasteiger partial charge is 0.494 e. The number of hydrogen-bond donors (Lipinski definition) is 1. The minimum absolute atomic E-state index is 0.00545. The number of benzene rings is 1. The fourth-order valence-electron chi connectivity index (χ4n) is 4.39. The Kier molecular flexibility index (Phi) is 8.51. The van der Waals surface area contributed by atoms with Crippen LogP contribution in [0.2, 0.25) is 0 Å². The van der Waals surface area contributed by atoms with Crippen LogP contribution in [-0.2, 0) is 4.79 Å². The van der Waals surface area contributed by atoms with E-state index in [2.05, 4.69) is 17.1 Å². The van der Waals surface area contributed by atoms with E-state index in [9.17, 15) is 9.59 Å². The van der Waals surface area contributed by atoms with E-state index in [0.29, 0.717) is 37.7 Å². The number of nitrogens with zero attached hydrogens (tertiary/aromatic N) is 3. The van der Waals surface area contributed by atoms with Crippen molar-refractivity contribution in [2.24, 2.45) is 0 Å². The molecule has 1 atom stereocenters. The maximum absolute atomic E-state index is 13.3. The SMILES string of the molecule is CCOc1ccc(C(=O)N(CCC(=O)N2CCNCC2)C[C@H]2CCCN2CC)cc1. The van der Waals surface area contributed by atoms with Gasteiger partial charge in [0.2, 0.25) is 5.91 Å². The third-order valence-corrected chi connectivity index (χ3v) is 6.10. The second kappa shape index (κ2) is 11.3. The minimum Gasteiger partial charge on any atom is -0.494 e. The molecular weight excluding hydrogens is 380 g/mol. The zero-order valence-electron chi connectivity index (χ0n) is 18.4. The quantitative estimate of drug-likeness (QED) is 0.665. The van der Waals surface area contributed by atoms with Gasteiger partial charge in [0.15, 0.2) is 0 Å². The topological polar surface area (TPSA) is 65.1 Å². The Morgan fingerprint density at radius 2 is 1.87 bits per heavy atom. The lowest BCUT2D eigenvalue weighted by Crippen LogP contribution is -2.48. The van der Waals surface area contributed by atoms with Crippen LogP contribution in [0.1, 0.15) is 43.5 Å². The van der Waals surface area contributed by atoms with Crippen molar-refractivity contribution >= 4 is 11.8 Å². The van der Waals surface area contributed by atoms with Gasteiger partial charge in [-0.15, -0.1) is 0 Å². The lowest BCUT2D eigenvalue weighted by Gasteiger charge is -2.32. The van der Waals surface area contributed by atoms with Gasteiger partial charge in [-0.05, 0) is 57.1 Å². The zero-order valence-corrected chi connectivity index (χ0v) is 18.4. The molecule has 2 saturated heterocycles. The molecule has 3 rings (SSSR count). The highest BCUT2D eigenvalue weighted by atomic mass is 16.5. The molecule has 0 spiro atoms. The average molecular weight is 417 g/mol. The first-order valence-electron chi connectivity index (χ1n) is 11.4. The summed E-state index contributed by atoms with van der Waals surface area (Å²) in [4.78, 5) is 32.2. The Morgan fingerprint density at radius 3 is 2.53 bits per heavy atom. The van der Waals surface area contributed by atoms with E-state index in [1.54, 1.807) is 0 Å². The van der Waals surface area contributed by atoms with Gasteiger partial charge in [-0.3, -0.25) is 14.5 Å². The van der Waals surface area contributed by atoms with Crippen molar-refractivity contribution in [1.82, 2.24) is 20.0 Å². The Balaban J connectivity index is 1.67. The highest BCUT2D eigenvalue weighted by molar-refractivity contribution is 5.94. The van der Waals surface area contributed by atoms with Crippen LogP contribution in [0.25, 0.3) is 0 Å². The van der Waals surface area contributed by atoms with Gasteiger partial charge in [0.1, 0.15) is 5.75 Å². The molecule has 1 aromatic carbocycles. The summed E-state index contributed by atoms with van der Waals surface area (Å²) in [5.74, 6) is 0.899. The van der Waals surface area contributed by atoms with Gasteiger partial charge in [-0.2, -0.15) is 0 Å². The molecule has 0 radical (unpaired) electrons. The van der Waals surface area contributed by atoms with E-state index in [4.69, 9.17) is 4.74 Å². The molecule has 7 nitrogen and oxygen atoms in total. The predicted molar refractivity (Wildman–Crippen MR) is 118 cm³/mol. The molecule has 1 N–H and O–H groups in total. The van der Waals surface area contributed by atoms with Crippen LogP contribution in [0.5, 0.6) is 5.75 Å². The number of carbonyl (C=O) groups excluding carboxylic acids is 2. The van der Waals surface area contributed by atoms with Gasteiger partial charge in [-0.1, -0.05) is 6.92 Å². The van der Waals surface area contributed by atoms with Crippen LogP contribution in [0.3, 0.4) is 0 Å². The monoisotopic (exact) mass is 416 g/mol. The van der Waals surface area contributed by atoms with E-state index in [1.807, 2.05) is 41.0 Å². The van der Waals surface area contributed by atoms with E-state index >= 15 is 0 Å². The van der Waals surface area contributed by atoms with Gasteiger partial charge in [0.25, 0.3) is 5.91 Å². The molecule has 0 aromatic heterocycles. The van der Waals surface area contributed by atoms with Crippen molar-refractivity contribution in [3.05, 3.63) is 29.8 Å². The highest BCUT2D eigenvalue weighted by Crippen LogP contribution is 2.20. The normalized spacial score (nSPS) is 19.7. The molecule has 2 fully saturated rings. The standard InChI is InChI=1S/C23H36N4O3/c1-3-25-14-5-6-20(25)18-27(15-11-22(28)26-16-12-24-13-17-26)23(29)19-7-9-21(10-8-19)30-4-2/h7-10,20,24H,3-6,11-18H2,1-2H3/t20-/m1/s1. The first kappa shape index (κ1) is 22.6. The van der Waals surface area contributed by atoms with Crippen molar-refractivity contribution in [2.45, 2.75) is 39.2 Å². The Hall–Kier alpha value is -2.12. The summed E-state index contributed by atoms with van der Waals surface area (Å²) in [6, 6.07) is 7.70. The molecule has 2 aliphatic heterocycles. The molecule has 0 saturated carbocycles. The van der Waals surface area contributed by atoms with Crippen molar-refractivity contribution in [1.29, 1.82) is 0 Å². The molecular formula is C23H36N4O3. The van der Waals surface area contributed by atoms with Crippen LogP contribution >= 0.6 is 0 Å². The van der Waals surface area contributed by atoms with Gasteiger partial charge in [0, 0.05) is 57.3 Å². The number of amides is 2. The third kappa shape index (κ3) is 5.95. The van der Waals surface area contributed by atoms with Crippen molar-refractivity contribution < 1.29 is 14.3 Å². The van der Waals surface area contributed by atoms with Gasteiger partial charge >= 0.3 is 0 Å². The number of piperazine rings is 1. The number of likely N-dealkylation sites (tertiary alicyclic amines) is 1. The number of carbonyl (C=O) groups is 2. The summed E-state index contributed by atoms with van der Waals surface area (Å²) in [7, 11) is 0. The molecule has 7 heteroatoms.